The zero-order valence-corrected chi connectivity index (χ0v) is 4.59. The number of alkyl halides is 3. The molecule has 0 aromatic heterocycles. The van der Waals surface area contributed by atoms with Crippen molar-refractivity contribution in [3.05, 3.63) is 0 Å². The highest BCUT2D eigenvalue weighted by Gasteiger charge is 2.36. The van der Waals surface area contributed by atoms with Crippen molar-refractivity contribution in [3.8, 4) is 0 Å². The Bertz CT molecular complexity index is 116. The normalized spacial score (nSPS) is 11.9. The number of rotatable bonds is 1. The Balaban J connectivity index is 4.02. The third-order valence-corrected chi connectivity index (χ3v) is 0.927. The monoisotopic (exact) mass is 142 g/mol. The molecule has 0 fully saturated rings. The van der Waals surface area contributed by atoms with E-state index < -0.39 is 19.9 Å². The van der Waals surface area contributed by atoms with Crippen molar-refractivity contribution in [2.24, 2.45) is 0 Å². The van der Waals surface area contributed by atoms with Gasteiger partial charge in [0.25, 0.3) is 5.52 Å². The van der Waals surface area contributed by atoms with Crippen LogP contribution in [0.3, 0.4) is 0 Å². The van der Waals surface area contributed by atoms with Crippen LogP contribution in [0.15, 0.2) is 0 Å². The Morgan fingerprint density at radius 1 is 1.50 bits per heavy atom. The molecule has 0 radical (unpaired) electrons. The van der Waals surface area contributed by atoms with E-state index in [1.54, 1.807) is 0 Å². The summed E-state index contributed by atoms with van der Waals surface area (Å²) in [7, 11) is -0.507. The molecule has 0 bridgehead atoms. The van der Waals surface area contributed by atoms with Gasteiger partial charge in [-0.05, 0) is 8.20 Å². The molecule has 0 saturated heterocycles. The van der Waals surface area contributed by atoms with Crippen LogP contribution < -0.4 is 0 Å². The Hall–Kier alpha value is -0.370. The lowest BCUT2D eigenvalue weighted by Gasteiger charge is -1.96. The maximum absolute atomic E-state index is 11.1. The van der Waals surface area contributed by atoms with Gasteiger partial charge < -0.3 is 0 Å². The molecule has 0 unspecified atom stereocenters. The van der Waals surface area contributed by atoms with Crippen LogP contribution in [0.4, 0.5) is 13.2 Å². The van der Waals surface area contributed by atoms with Crippen molar-refractivity contribution in [1.29, 1.82) is 0 Å². The van der Waals surface area contributed by atoms with E-state index in [1.165, 1.54) is 0 Å². The Morgan fingerprint density at radius 2 is 1.88 bits per heavy atom. The van der Waals surface area contributed by atoms with E-state index in [4.69, 9.17) is 0 Å². The number of halogens is 3. The molecule has 0 amide bonds. The summed E-state index contributed by atoms with van der Waals surface area (Å²) >= 11 is 0. The molecule has 5 heteroatoms. The number of hydrogen-bond acceptors (Lipinski definition) is 1. The number of hydrogen-bond donors (Lipinski definition) is 0. The van der Waals surface area contributed by atoms with Gasteiger partial charge in [0.1, 0.15) is 0 Å². The van der Waals surface area contributed by atoms with Crippen LogP contribution in [-0.2, 0) is 4.79 Å². The molecule has 0 atom stereocenters. The van der Waals surface area contributed by atoms with Crippen LogP contribution in [0.2, 0.25) is 0 Å². The van der Waals surface area contributed by atoms with Crippen molar-refractivity contribution in [2.75, 3.05) is 0 Å². The van der Waals surface area contributed by atoms with Crippen LogP contribution in [0, 0.1) is 0 Å². The van der Waals surface area contributed by atoms with Gasteiger partial charge in [0.05, 0.1) is 0 Å². The maximum Gasteiger partial charge on any atom is 0.458 e. The molecule has 0 aliphatic carbocycles. The summed E-state index contributed by atoms with van der Waals surface area (Å²) in [6.45, 7) is 0. The molecule has 0 aliphatic heterocycles. The first-order valence-corrected chi connectivity index (χ1v) is 2.64. The van der Waals surface area contributed by atoms with Crippen molar-refractivity contribution in [1.82, 2.24) is 0 Å². The fraction of sp³-hybridized carbons (Fsp3) is 0.333. The van der Waals surface area contributed by atoms with Crippen LogP contribution in [0.5, 0.6) is 0 Å². The second kappa shape index (κ2) is 2.27. The minimum absolute atomic E-state index is 0.507. The smallest absolute Gasteiger partial charge is 0.279 e. The molecular formula is C3H2F3OP. The summed E-state index contributed by atoms with van der Waals surface area (Å²) in [5, 5.41) is 0. The quantitative estimate of drug-likeness (QED) is 0.506. The fourth-order valence-electron chi connectivity index (χ4n) is 0.0896. The lowest BCUT2D eigenvalue weighted by Crippen LogP contribution is -2.16. The van der Waals surface area contributed by atoms with Crippen molar-refractivity contribution in [2.45, 2.75) is 6.18 Å². The average molecular weight is 142 g/mol. The predicted octanol–water partition coefficient (Wildman–Crippen LogP) is 1.45. The zero-order chi connectivity index (χ0) is 6.78. The largest absolute Gasteiger partial charge is 0.458 e. The molecule has 0 aromatic carbocycles. The van der Waals surface area contributed by atoms with E-state index in [0.29, 0.717) is 0 Å². The van der Waals surface area contributed by atoms with Crippen LogP contribution in [-0.4, -0.2) is 18.0 Å². The Morgan fingerprint density at radius 3 is 1.88 bits per heavy atom. The van der Waals surface area contributed by atoms with E-state index >= 15 is 0 Å². The average Bonchev–Trinajstić information content (AvgIpc) is 1.62. The lowest BCUT2D eigenvalue weighted by molar-refractivity contribution is -0.160. The van der Waals surface area contributed by atoms with Gasteiger partial charge in [-0.3, -0.25) is 4.79 Å². The summed E-state index contributed by atoms with van der Waals surface area (Å²) < 4.78 is 33.2. The lowest BCUT2D eigenvalue weighted by atomic mass is 10.8. The molecule has 0 spiro atoms. The number of carbonyl (C=O) groups is 1. The zero-order valence-electron chi connectivity index (χ0n) is 3.70. The third-order valence-electron chi connectivity index (χ3n) is 0.386. The van der Waals surface area contributed by atoms with E-state index in [-0.39, 0.29) is 0 Å². The van der Waals surface area contributed by atoms with Gasteiger partial charge >= 0.3 is 6.18 Å². The fourth-order valence-corrected chi connectivity index (χ4v) is 0.269. The summed E-state index contributed by atoms with van der Waals surface area (Å²) in [4.78, 5) is 9.63. The first-order valence-electron chi connectivity index (χ1n) is 1.56. The topological polar surface area (TPSA) is 17.1 Å². The van der Waals surface area contributed by atoms with Gasteiger partial charge in [0.2, 0.25) is 0 Å². The minimum atomic E-state index is -4.71. The molecule has 1 nitrogen and oxygen atoms in total. The highest BCUT2D eigenvalue weighted by Crippen LogP contribution is 2.20. The second-order valence-electron chi connectivity index (χ2n) is 0.961. The summed E-state index contributed by atoms with van der Waals surface area (Å²) in [6.07, 6.45) is -1.95. The standard InChI is InChI=1S/C3H2F3OP/c1-8-2(7)3(4,5)6/h1H2. The molecule has 0 N–H and O–H groups in total. The van der Waals surface area contributed by atoms with E-state index in [2.05, 4.69) is 6.30 Å². The maximum atomic E-state index is 11.1. The van der Waals surface area contributed by atoms with Gasteiger partial charge in [-0.25, -0.2) is 0 Å². The summed E-state index contributed by atoms with van der Waals surface area (Å²) in [5.74, 6) is 0. The highest BCUT2D eigenvalue weighted by molar-refractivity contribution is 7.56. The van der Waals surface area contributed by atoms with E-state index in [9.17, 15) is 18.0 Å². The molecule has 0 saturated carbocycles. The molecule has 8 heavy (non-hydrogen) atoms. The third kappa shape index (κ3) is 2.07. The van der Waals surface area contributed by atoms with Crippen LogP contribution >= 0.6 is 8.20 Å². The van der Waals surface area contributed by atoms with Crippen molar-refractivity contribution in [3.63, 3.8) is 0 Å². The van der Waals surface area contributed by atoms with Crippen LogP contribution in [0.25, 0.3) is 0 Å². The van der Waals surface area contributed by atoms with Crippen LogP contribution in [0.1, 0.15) is 0 Å². The molecule has 0 heterocycles. The van der Waals surface area contributed by atoms with Gasteiger partial charge in [-0.1, -0.05) is 6.30 Å². The molecule has 0 rings (SSSR count). The predicted molar refractivity (Wildman–Crippen MR) is 25.1 cm³/mol. The SMILES string of the molecule is C=PC(=O)C(F)(F)F. The molecular weight excluding hydrogens is 140 g/mol. The van der Waals surface area contributed by atoms with Crippen molar-refractivity contribution < 1.29 is 18.0 Å². The van der Waals surface area contributed by atoms with Gasteiger partial charge in [-0.15, -0.1) is 0 Å². The Labute approximate surface area is 45.3 Å². The van der Waals surface area contributed by atoms with Crippen molar-refractivity contribution >= 4 is 20.0 Å². The van der Waals surface area contributed by atoms with E-state index in [1.807, 2.05) is 0 Å². The van der Waals surface area contributed by atoms with Gasteiger partial charge in [0, 0.05) is 0 Å². The molecule has 0 aliphatic rings. The highest BCUT2D eigenvalue weighted by atomic mass is 31.1. The summed E-state index contributed by atoms with van der Waals surface area (Å²) in [6, 6.07) is 0. The molecule has 0 aromatic rings. The van der Waals surface area contributed by atoms with Gasteiger partial charge in [-0.2, -0.15) is 13.2 Å². The first kappa shape index (κ1) is 7.63. The van der Waals surface area contributed by atoms with Gasteiger partial charge in [0.15, 0.2) is 0 Å². The molecule has 46 valence electrons. The van der Waals surface area contributed by atoms with E-state index in [0.717, 1.165) is 0 Å². The minimum Gasteiger partial charge on any atom is -0.279 e. The second-order valence-corrected chi connectivity index (χ2v) is 1.68. The first-order chi connectivity index (χ1) is 3.48. The Kier molecular flexibility index (Phi) is 2.16. The number of carbonyl (C=O) groups excluding carboxylic acids is 1. The summed E-state index contributed by atoms with van der Waals surface area (Å²) in [5.41, 5.74) is -1.81.